The van der Waals surface area contributed by atoms with Gasteiger partial charge in [0.15, 0.2) is 8.32 Å². The number of aromatic nitrogens is 2. The van der Waals surface area contributed by atoms with Crippen molar-refractivity contribution >= 4 is 24.2 Å². The van der Waals surface area contributed by atoms with Crippen molar-refractivity contribution in [2.45, 2.75) is 58.4 Å². The van der Waals surface area contributed by atoms with E-state index in [1.54, 1.807) is 0 Å². The first-order chi connectivity index (χ1) is 12.2. The Morgan fingerprint density at radius 2 is 1.88 bits per heavy atom. The quantitative estimate of drug-likeness (QED) is 0.299. The Hall–Kier alpha value is -1.24. The van der Waals surface area contributed by atoms with Crippen LogP contribution in [0.4, 0.5) is 0 Å². The number of aryl methyl sites for hydroxylation is 1. The maximum atomic E-state index is 6.27. The number of pyridine rings is 2. The average molecular weight is 437 g/mol. The highest BCUT2D eigenvalue weighted by Crippen LogP contribution is 2.36. The lowest BCUT2D eigenvalue weighted by Gasteiger charge is -2.36. The van der Waals surface area contributed by atoms with Crippen molar-refractivity contribution in [3.63, 3.8) is 0 Å². The minimum atomic E-state index is -1.67. The number of hydrogen-bond acceptors (Lipinski definition) is 4. The van der Waals surface area contributed by atoms with Crippen LogP contribution in [0.5, 0.6) is 5.88 Å². The van der Waals surface area contributed by atoms with Crippen molar-refractivity contribution in [1.82, 2.24) is 9.97 Å². The molecule has 0 N–H and O–H groups in total. The third kappa shape index (κ3) is 6.18. The molecule has 0 fully saturated rings. The van der Waals surface area contributed by atoms with Gasteiger partial charge in [0, 0.05) is 25.1 Å². The van der Waals surface area contributed by atoms with Gasteiger partial charge >= 0.3 is 0 Å². The van der Waals surface area contributed by atoms with Gasteiger partial charge in [-0.05, 0) is 70.2 Å². The lowest BCUT2D eigenvalue weighted by molar-refractivity contribution is 0.279. The van der Waals surface area contributed by atoms with Gasteiger partial charge in [0.25, 0.3) is 0 Å². The Labute approximate surface area is 166 Å². The smallest absolute Gasteiger partial charge is 0.214 e. The fourth-order valence-corrected chi connectivity index (χ4v) is 3.67. The van der Waals surface area contributed by atoms with Crippen LogP contribution < -0.4 is 4.74 Å². The summed E-state index contributed by atoms with van der Waals surface area (Å²) < 4.78 is 12.9. The molecule has 0 radical (unpaired) electrons. The first kappa shape index (κ1) is 21.1. The summed E-state index contributed by atoms with van der Waals surface area (Å²) in [7, 11) is -1.67. The molecule has 0 saturated heterocycles. The first-order valence-corrected chi connectivity index (χ1v) is 12.7. The van der Waals surface area contributed by atoms with E-state index in [0.717, 1.165) is 29.6 Å². The molecule has 142 valence electrons. The van der Waals surface area contributed by atoms with Gasteiger partial charge in [-0.25, -0.2) is 4.98 Å². The van der Waals surface area contributed by atoms with Crippen LogP contribution in [0.3, 0.4) is 0 Å². The normalized spacial score (nSPS) is 12.2. The molecule has 0 bridgehead atoms. The maximum Gasteiger partial charge on any atom is 0.214 e. The molecule has 0 saturated carbocycles. The van der Waals surface area contributed by atoms with Gasteiger partial charge in [-0.3, -0.25) is 4.98 Å². The first-order valence-electron chi connectivity index (χ1n) is 9.00. The molecular weight excluding hydrogens is 408 g/mol. The molecule has 0 aliphatic heterocycles. The highest BCUT2D eigenvalue weighted by atomic mass is 79.9. The number of nitrogens with zero attached hydrogens (tertiary/aromatic N) is 2. The molecule has 0 unspecified atom stereocenters. The zero-order valence-corrected chi connectivity index (χ0v) is 19.0. The van der Waals surface area contributed by atoms with E-state index in [0.29, 0.717) is 12.5 Å². The van der Waals surface area contributed by atoms with Gasteiger partial charge < -0.3 is 9.16 Å². The Morgan fingerprint density at radius 3 is 2.58 bits per heavy atom. The second-order valence-corrected chi connectivity index (χ2v) is 13.6. The van der Waals surface area contributed by atoms with Crippen LogP contribution in [0.15, 0.2) is 41.3 Å². The van der Waals surface area contributed by atoms with Crippen molar-refractivity contribution in [3.05, 3.63) is 52.4 Å². The second-order valence-electron chi connectivity index (χ2n) is 7.94. The van der Waals surface area contributed by atoms with Crippen LogP contribution in [0.1, 0.15) is 38.3 Å². The van der Waals surface area contributed by atoms with Gasteiger partial charge in [0.1, 0.15) is 11.2 Å². The molecule has 2 heterocycles. The molecule has 6 heteroatoms. The van der Waals surface area contributed by atoms with Crippen molar-refractivity contribution in [2.75, 3.05) is 6.61 Å². The topological polar surface area (TPSA) is 44.2 Å². The van der Waals surface area contributed by atoms with E-state index in [-0.39, 0.29) is 5.04 Å². The average Bonchev–Trinajstić information content (AvgIpc) is 2.57. The van der Waals surface area contributed by atoms with Crippen LogP contribution in [0, 0.1) is 0 Å². The van der Waals surface area contributed by atoms with Crippen LogP contribution in [0.2, 0.25) is 18.1 Å². The molecule has 4 nitrogen and oxygen atoms in total. The van der Waals surface area contributed by atoms with Crippen molar-refractivity contribution in [2.24, 2.45) is 0 Å². The molecule has 0 aliphatic carbocycles. The fourth-order valence-electron chi connectivity index (χ4n) is 2.25. The van der Waals surface area contributed by atoms with E-state index in [9.17, 15) is 0 Å². The van der Waals surface area contributed by atoms with Gasteiger partial charge in [0.05, 0.1) is 0 Å². The third-order valence-electron chi connectivity index (χ3n) is 4.93. The fraction of sp³-hybridized carbons (Fsp3) is 0.500. The predicted octanol–water partition coefficient (Wildman–Crippen LogP) is 5.77. The van der Waals surface area contributed by atoms with Gasteiger partial charge in [-0.1, -0.05) is 26.8 Å². The lowest BCUT2D eigenvalue weighted by Crippen LogP contribution is -2.41. The summed E-state index contributed by atoms with van der Waals surface area (Å²) in [5, 5.41) is 0.247. The monoisotopic (exact) mass is 436 g/mol. The zero-order chi connectivity index (χ0) is 19.2. The summed E-state index contributed by atoms with van der Waals surface area (Å²) >= 11 is 3.36. The van der Waals surface area contributed by atoms with Crippen molar-refractivity contribution in [1.29, 1.82) is 0 Å². The number of rotatable bonds is 8. The second kappa shape index (κ2) is 9.11. The minimum Gasteiger partial charge on any atom is -0.473 e. The Kier molecular flexibility index (Phi) is 7.38. The minimum absolute atomic E-state index is 0.247. The Morgan fingerprint density at radius 1 is 1.12 bits per heavy atom. The third-order valence-corrected chi connectivity index (χ3v) is 9.91. The van der Waals surface area contributed by atoms with E-state index in [4.69, 9.17) is 9.16 Å². The largest absolute Gasteiger partial charge is 0.473 e. The molecule has 26 heavy (non-hydrogen) atoms. The maximum absolute atomic E-state index is 6.27. The summed E-state index contributed by atoms with van der Waals surface area (Å²) in [6.45, 7) is 12.7. The SMILES string of the molecule is CC(C)(C)[Si](C)(C)OCCCc1cnccc1COc1cccc(Br)n1. The molecule has 0 amide bonds. The van der Waals surface area contributed by atoms with Gasteiger partial charge in [-0.15, -0.1) is 0 Å². The summed E-state index contributed by atoms with van der Waals surface area (Å²) in [6.07, 6.45) is 5.66. The molecule has 2 aromatic rings. The van der Waals surface area contributed by atoms with Crippen LogP contribution >= 0.6 is 15.9 Å². The van der Waals surface area contributed by atoms with Gasteiger partial charge in [-0.2, -0.15) is 0 Å². The molecule has 0 spiro atoms. The molecule has 0 aromatic carbocycles. The Bertz CT molecular complexity index is 717. The van der Waals surface area contributed by atoms with E-state index >= 15 is 0 Å². The van der Waals surface area contributed by atoms with Crippen LogP contribution in [-0.2, 0) is 17.5 Å². The van der Waals surface area contributed by atoms with Crippen molar-refractivity contribution in [3.8, 4) is 5.88 Å². The molecule has 2 aromatic heterocycles. The number of ether oxygens (including phenoxy) is 1. The summed E-state index contributed by atoms with van der Waals surface area (Å²) in [4.78, 5) is 8.58. The number of halogens is 1. The predicted molar refractivity (Wildman–Crippen MR) is 112 cm³/mol. The van der Waals surface area contributed by atoms with E-state index < -0.39 is 8.32 Å². The molecular formula is C20H29BrN2O2Si. The summed E-state index contributed by atoms with van der Waals surface area (Å²) in [5.74, 6) is 0.614. The molecule has 0 atom stereocenters. The summed E-state index contributed by atoms with van der Waals surface area (Å²) in [6, 6.07) is 7.67. The van der Waals surface area contributed by atoms with E-state index in [1.165, 1.54) is 5.56 Å². The van der Waals surface area contributed by atoms with Crippen LogP contribution in [0.25, 0.3) is 0 Å². The number of hydrogen-bond donors (Lipinski definition) is 0. The Balaban J connectivity index is 1.88. The van der Waals surface area contributed by atoms with Crippen LogP contribution in [-0.4, -0.2) is 24.9 Å². The van der Waals surface area contributed by atoms with Gasteiger partial charge in [0.2, 0.25) is 5.88 Å². The van der Waals surface area contributed by atoms with E-state index in [2.05, 4.69) is 59.8 Å². The zero-order valence-electron chi connectivity index (χ0n) is 16.4. The molecule has 0 aliphatic rings. The van der Waals surface area contributed by atoms with Crippen molar-refractivity contribution < 1.29 is 9.16 Å². The highest BCUT2D eigenvalue weighted by molar-refractivity contribution is 9.10. The molecule has 2 rings (SSSR count). The lowest BCUT2D eigenvalue weighted by atomic mass is 10.1. The standard InChI is InChI=1S/C20H29BrN2O2Si/c1-20(2,3)26(4,5)25-13-7-8-16-14-22-12-11-17(16)15-24-19-10-6-9-18(21)23-19/h6,9-12,14H,7-8,13,15H2,1-5H3. The summed E-state index contributed by atoms with van der Waals surface area (Å²) in [5.41, 5.74) is 2.36. The van der Waals surface area contributed by atoms with E-state index in [1.807, 2.05) is 36.7 Å². The highest BCUT2D eigenvalue weighted by Gasteiger charge is 2.36.